The highest BCUT2D eigenvalue weighted by Gasteiger charge is 2.51. The van der Waals surface area contributed by atoms with E-state index in [2.05, 4.69) is 10.4 Å². The molecule has 4 aliphatic carbocycles. The predicted molar refractivity (Wildman–Crippen MR) is 102 cm³/mol. The predicted octanol–water partition coefficient (Wildman–Crippen LogP) is 4.01. The largest absolute Gasteiger partial charge is 0.458 e. The van der Waals surface area contributed by atoms with Gasteiger partial charge in [0.2, 0.25) is 5.91 Å². The lowest BCUT2D eigenvalue weighted by Gasteiger charge is -2.56. The van der Waals surface area contributed by atoms with Crippen molar-refractivity contribution in [2.75, 3.05) is 5.32 Å². The summed E-state index contributed by atoms with van der Waals surface area (Å²) in [7, 11) is 0. The zero-order chi connectivity index (χ0) is 19.2. The van der Waals surface area contributed by atoms with Crippen LogP contribution < -0.4 is 5.32 Å². The molecule has 6 nitrogen and oxygen atoms in total. The number of carbonyl (C=O) groups excluding carboxylic acids is 2. The third-order valence-electron chi connectivity index (χ3n) is 6.60. The molecule has 27 heavy (non-hydrogen) atoms. The van der Waals surface area contributed by atoms with E-state index in [0.29, 0.717) is 18.7 Å². The summed E-state index contributed by atoms with van der Waals surface area (Å²) < 4.78 is 6.95. The van der Waals surface area contributed by atoms with Gasteiger partial charge in [-0.25, -0.2) is 4.79 Å². The standard InChI is InChI=1S/C21H31N3O3/c1-4-24-12-17(19(23-24)20(26)27-13(2)3)22-18(25)11-21-8-14-5-15(9-21)7-16(6-14)10-21/h12-16H,4-11H2,1-3H3,(H,22,25). The zero-order valence-electron chi connectivity index (χ0n) is 16.7. The fourth-order valence-electron chi connectivity index (χ4n) is 6.14. The number of aromatic nitrogens is 2. The first kappa shape index (κ1) is 18.5. The molecule has 0 atom stereocenters. The van der Waals surface area contributed by atoms with Crippen LogP contribution in [0.5, 0.6) is 0 Å². The fourth-order valence-corrected chi connectivity index (χ4v) is 6.14. The second-order valence-corrected chi connectivity index (χ2v) is 9.34. The van der Waals surface area contributed by atoms with Gasteiger partial charge in [-0.2, -0.15) is 5.10 Å². The molecule has 4 aliphatic rings. The minimum absolute atomic E-state index is 0.00574. The van der Waals surface area contributed by atoms with Gasteiger partial charge in [-0.1, -0.05) is 0 Å². The number of amides is 1. The molecule has 148 valence electrons. The smallest absolute Gasteiger partial charge is 0.361 e. The molecular formula is C21H31N3O3. The molecule has 1 aromatic rings. The Labute approximate surface area is 161 Å². The van der Waals surface area contributed by atoms with Crippen molar-refractivity contribution >= 4 is 17.6 Å². The highest BCUT2D eigenvalue weighted by Crippen LogP contribution is 2.61. The Hall–Kier alpha value is -1.85. The summed E-state index contributed by atoms with van der Waals surface area (Å²) in [5.41, 5.74) is 0.847. The lowest BCUT2D eigenvalue weighted by Crippen LogP contribution is -2.47. The van der Waals surface area contributed by atoms with Crippen molar-refractivity contribution in [2.24, 2.45) is 23.2 Å². The number of anilines is 1. The third-order valence-corrected chi connectivity index (χ3v) is 6.60. The summed E-state index contributed by atoms with van der Waals surface area (Å²) in [5.74, 6) is 1.99. The van der Waals surface area contributed by atoms with Gasteiger partial charge in [0, 0.05) is 19.2 Å². The molecule has 1 amide bonds. The lowest BCUT2D eigenvalue weighted by molar-refractivity contribution is -0.124. The number of aryl methyl sites for hydroxylation is 1. The Bertz CT molecular complexity index is 702. The summed E-state index contributed by atoms with van der Waals surface area (Å²) in [6.07, 6.45) is 9.77. The van der Waals surface area contributed by atoms with Crippen molar-refractivity contribution in [3.05, 3.63) is 11.9 Å². The number of hydrogen-bond donors (Lipinski definition) is 1. The minimum atomic E-state index is -0.484. The molecule has 0 radical (unpaired) electrons. The van der Waals surface area contributed by atoms with Crippen LogP contribution in [0.25, 0.3) is 0 Å². The monoisotopic (exact) mass is 373 g/mol. The van der Waals surface area contributed by atoms with E-state index in [9.17, 15) is 9.59 Å². The van der Waals surface area contributed by atoms with Crippen molar-refractivity contribution < 1.29 is 14.3 Å². The molecule has 1 heterocycles. The van der Waals surface area contributed by atoms with E-state index in [4.69, 9.17) is 4.74 Å². The van der Waals surface area contributed by atoms with E-state index < -0.39 is 5.97 Å². The molecule has 4 fully saturated rings. The summed E-state index contributed by atoms with van der Waals surface area (Å²) in [5, 5.41) is 7.26. The molecule has 6 heteroatoms. The van der Waals surface area contributed by atoms with E-state index in [0.717, 1.165) is 17.8 Å². The molecule has 4 saturated carbocycles. The van der Waals surface area contributed by atoms with Gasteiger partial charge in [0.1, 0.15) is 0 Å². The van der Waals surface area contributed by atoms with Gasteiger partial charge in [0.15, 0.2) is 5.69 Å². The van der Waals surface area contributed by atoms with Crippen LogP contribution in [0.4, 0.5) is 5.69 Å². The summed E-state index contributed by atoms with van der Waals surface area (Å²) in [6.45, 7) is 6.19. The lowest BCUT2D eigenvalue weighted by atomic mass is 9.49. The van der Waals surface area contributed by atoms with Crippen molar-refractivity contribution in [2.45, 2.75) is 78.4 Å². The van der Waals surface area contributed by atoms with Crippen LogP contribution >= 0.6 is 0 Å². The van der Waals surface area contributed by atoms with Gasteiger partial charge in [-0.15, -0.1) is 0 Å². The number of ether oxygens (including phenoxy) is 1. The van der Waals surface area contributed by atoms with Gasteiger partial charge < -0.3 is 10.1 Å². The average molecular weight is 373 g/mol. The molecule has 0 saturated heterocycles. The van der Waals surface area contributed by atoms with Gasteiger partial charge in [0.05, 0.1) is 11.8 Å². The van der Waals surface area contributed by atoms with Crippen molar-refractivity contribution in [1.29, 1.82) is 0 Å². The van der Waals surface area contributed by atoms with Crippen molar-refractivity contribution in [1.82, 2.24) is 9.78 Å². The second kappa shape index (κ2) is 6.95. The van der Waals surface area contributed by atoms with E-state index in [1.807, 2.05) is 6.92 Å². The Morgan fingerprint density at radius 1 is 1.22 bits per heavy atom. The number of nitrogens with one attached hydrogen (secondary N) is 1. The van der Waals surface area contributed by atoms with Crippen molar-refractivity contribution in [3.63, 3.8) is 0 Å². The first-order valence-corrected chi connectivity index (χ1v) is 10.4. The van der Waals surface area contributed by atoms with Gasteiger partial charge >= 0.3 is 5.97 Å². The molecule has 1 N–H and O–H groups in total. The highest BCUT2D eigenvalue weighted by molar-refractivity contribution is 6.00. The highest BCUT2D eigenvalue weighted by atomic mass is 16.5. The third kappa shape index (κ3) is 3.76. The average Bonchev–Trinajstić information content (AvgIpc) is 2.95. The van der Waals surface area contributed by atoms with Crippen LogP contribution in [0.15, 0.2) is 6.20 Å². The van der Waals surface area contributed by atoms with Crippen LogP contribution in [0, 0.1) is 23.2 Å². The van der Waals surface area contributed by atoms with Gasteiger partial charge in [-0.3, -0.25) is 9.48 Å². The molecule has 5 rings (SSSR count). The van der Waals surface area contributed by atoms with Crippen LogP contribution in [0.3, 0.4) is 0 Å². The first-order valence-electron chi connectivity index (χ1n) is 10.4. The number of carbonyl (C=O) groups is 2. The molecular weight excluding hydrogens is 342 g/mol. The summed E-state index contributed by atoms with van der Waals surface area (Å²) in [6, 6.07) is 0. The minimum Gasteiger partial charge on any atom is -0.458 e. The number of rotatable bonds is 6. The molecule has 0 aromatic carbocycles. The van der Waals surface area contributed by atoms with Gasteiger partial charge in [0.25, 0.3) is 0 Å². The first-order chi connectivity index (χ1) is 12.9. The summed E-state index contributed by atoms with van der Waals surface area (Å²) in [4.78, 5) is 25.2. The normalized spacial score (nSPS) is 31.3. The number of esters is 1. The molecule has 0 aliphatic heterocycles. The second-order valence-electron chi connectivity index (χ2n) is 9.34. The topological polar surface area (TPSA) is 73.2 Å². The van der Waals surface area contributed by atoms with Crippen LogP contribution in [-0.4, -0.2) is 27.8 Å². The number of hydrogen-bond acceptors (Lipinski definition) is 4. The van der Waals surface area contributed by atoms with Gasteiger partial charge in [-0.05, 0) is 82.5 Å². The Balaban J connectivity index is 1.47. The van der Waals surface area contributed by atoms with Crippen LogP contribution in [0.1, 0.15) is 76.2 Å². The maximum absolute atomic E-state index is 12.9. The molecule has 4 bridgehead atoms. The maximum Gasteiger partial charge on any atom is 0.361 e. The van der Waals surface area contributed by atoms with E-state index in [1.54, 1.807) is 24.7 Å². The van der Waals surface area contributed by atoms with Crippen molar-refractivity contribution in [3.8, 4) is 0 Å². The van der Waals surface area contributed by atoms with Crippen LogP contribution in [-0.2, 0) is 16.1 Å². The quantitative estimate of drug-likeness (QED) is 0.765. The SMILES string of the molecule is CCn1cc(NC(=O)CC23CC4CC(CC(C4)C2)C3)c(C(=O)OC(C)C)n1. The Kier molecular flexibility index (Phi) is 4.77. The fraction of sp³-hybridized carbons (Fsp3) is 0.762. The Morgan fingerprint density at radius 2 is 1.81 bits per heavy atom. The zero-order valence-corrected chi connectivity index (χ0v) is 16.7. The van der Waals surface area contributed by atoms with E-state index in [1.165, 1.54) is 38.5 Å². The molecule has 0 spiro atoms. The van der Waals surface area contributed by atoms with E-state index >= 15 is 0 Å². The maximum atomic E-state index is 12.9. The van der Waals surface area contributed by atoms with E-state index in [-0.39, 0.29) is 23.1 Å². The Morgan fingerprint density at radius 3 is 2.33 bits per heavy atom. The van der Waals surface area contributed by atoms with Crippen LogP contribution in [0.2, 0.25) is 0 Å². The molecule has 1 aromatic heterocycles. The summed E-state index contributed by atoms with van der Waals surface area (Å²) >= 11 is 0. The molecule has 0 unspecified atom stereocenters. The number of nitrogens with zero attached hydrogens (tertiary/aromatic N) is 2.